The highest BCUT2D eigenvalue weighted by atomic mass is 32.1. The predicted octanol–water partition coefficient (Wildman–Crippen LogP) is 2.64. The van der Waals surface area contributed by atoms with Crippen LogP contribution in [0.5, 0.6) is 0 Å². The average Bonchev–Trinajstić information content (AvgIpc) is 2.83. The first-order valence-corrected chi connectivity index (χ1v) is 7.17. The molecule has 2 rings (SSSR count). The topological polar surface area (TPSA) is 32.3 Å². The van der Waals surface area contributed by atoms with E-state index in [2.05, 4.69) is 22.1 Å². The molecule has 0 aliphatic heterocycles. The predicted molar refractivity (Wildman–Crippen MR) is 68.6 cm³/mol. The number of aliphatic hydroxyl groups is 1. The maximum absolute atomic E-state index is 9.32. The third-order valence-electron chi connectivity index (χ3n) is 3.62. The fraction of sp³-hybridized carbons (Fsp3) is 0.692. The molecule has 2 nitrogen and oxygen atoms in total. The third kappa shape index (κ3) is 3.30. The quantitative estimate of drug-likeness (QED) is 0.828. The highest BCUT2D eigenvalue weighted by Crippen LogP contribution is 2.29. The molecule has 2 unspecified atom stereocenters. The first-order chi connectivity index (χ1) is 7.90. The molecule has 1 aromatic heterocycles. The molecule has 1 aliphatic carbocycles. The molecule has 0 bridgehead atoms. The molecule has 0 aromatic carbocycles. The summed E-state index contributed by atoms with van der Waals surface area (Å²) in [6, 6.07) is 2.17. The molecule has 0 amide bonds. The van der Waals surface area contributed by atoms with Crippen LogP contribution < -0.4 is 5.32 Å². The van der Waals surface area contributed by atoms with Crippen LogP contribution in [0.2, 0.25) is 0 Å². The fourth-order valence-corrected chi connectivity index (χ4v) is 3.26. The molecular weight excluding hydrogens is 218 g/mol. The second-order valence-corrected chi connectivity index (χ2v) is 5.53. The Bertz CT molecular complexity index is 286. The number of aliphatic hydroxyl groups excluding tert-OH is 1. The van der Waals surface area contributed by atoms with Crippen molar-refractivity contribution in [2.24, 2.45) is 11.8 Å². The Morgan fingerprint density at radius 3 is 2.81 bits per heavy atom. The van der Waals surface area contributed by atoms with E-state index >= 15 is 0 Å². The van der Waals surface area contributed by atoms with Crippen molar-refractivity contribution < 1.29 is 5.11 Å². The maximum atomic E-state index is 9.32. The molecule has 2 N–H and O–H groups in total. The highest BCUT2D eigenvalue weighted by molar-refractivity contribution is 7.07. The van der Waals surface area contributed by atoms with Gasteiger partial charge < -0.3 is 10.4 Å². The molecule has 90 valence electrons. The molecule has 1 aliphatic rings. The Balaban J connectivity index is 1.71. The van der Waals surface area contributed by atoms with Crippen molar-refractivity contribution in [1.82, 2.24) is 5.32 Å². The van der Waals surface area contributed by atoms with Crippen LogP contribution in [-0.2, 0) is 6.54 Å². The van der Waals surface area contributed by atoms with Gasteiger partial charge in [-0.05, 0) is 53.6 Å². The van der Waals surface area contributed by atoms with Crippen molar-refractivity contribution in [3.63, 3.8) is 0 Å². The molecule has 3 heteroatoms. The van der Waals surface area contributed by atoms with E-state index in [0.29, 0.717) is 18.4 Å². The summed E-state index contributed by atoms with van der Waals surface area (Å²) in [7, 11) is 0. The SMILES string of the molecule is OCC1CCCCC1CNCc1ccsc1. The Hall–Kier alpha value is -0.380. The Morgan fingerprint density at radius 2 is 2.12 bits per heavy atom. The smallest absolute Gasteiger partial charge is 0.0462 e. The molecule has 0 radical (unpaired) electrons. The van der Waals surface area contributed by atoms with Gasteiger partial charge in [0.15, 0.2) is 0 Å². The normalized spacial score (nSPS) is 25.8. The van der Waals surface area contributed by atoms with Crippen LogP contribution in [0.3, 0.4) is 0 Å². The van der Waals surface area contributed by atoms with E-state index in [1.165, 1.54) is 31.2 Å². The minimum Gasteiger partial charge on any atom is -0.396 e. The van der Waals surface area contributed by atoms with Crippen molar-refractivity contribution in [3.05, 3.63) is 22.4 Å². The maximum Gasteiger partial charge on any atom is 0.0462 e. The minimum atomic E-state index is 0.366. The lowest BCUT2D eigenvalue weighted by Gasteiger charge is -2.30. The molecule has 1 saturated carbocycles. The van der Waals surface area contributed by atoms with Crippen LogP contribution >= 0.6 is 11.3 Å². The largest absolute Gasteiger partial charge is 0.396 e. The molecule has 1 fully saturated rings. The second-order valence-electron chi connectivity index (χ2n) is 4.75. The van der Waals surface area contributed by atoms with Gasteiger partial charge in [-0.2, -0.15) is 11.3 Å². The number of thiophene rings is 1. The van der Waals surface area contributed by atoms with Gasteiger partial charge in [-0.15, -0.1) is 0 Å². The Kier molecular flexibility index (Phi) is 4.82. The van der Waals surface area contributed by atoms with Crippen molar-refractivity contribution >= 4 is 11.3 Å². The van der Waals surface area contributed by atoms with Gasteiger partial charge in [0.05, 0.1) is 0 Å². The van der Waals surface area contributed by atoms with E-state index < -0.39 is 0 Å². The molecule has 1 aromatic rings. The first-order valence-electron chi connectivity index (χ1n) is 6.23. The summed E-state index contributed by atoms with van der Waals surface area (Å²) >= 11 is 1.75. The molecule has 2 atom stereocenters. The monoisotopic (exact) mass is 239 g/mol. The number of hydrogen-bond acceptors (Lipinski definition) is 3. The van der Waals surface area contributed by atoms with Crippen molar-refractivity contribution in [2.45, 2.75) is 32.2 Å². The van der Waals surface area contributed by atoms with Crippen molar-refractivity contribution in [2.75, 3.05) is 13.2 Å². The van der Waals surface area contributed by atoms with Crippen molar-refractivity contribution in [3.8, 4) is 0 Å². The van der Waals surface area contributed by atoms with Crippen LogP contribution in [0.4, 0.5) is 0 Å². The Labute approximate surface area is 102 Å². The van der Waals surface area contributed by atoms with Crippen molar-refractivity contribution in [1.29, 1.82) is 0 Å². The number of hydrogen-bond donors (Lipinski definition) is 2. The van der Waals surface area contributed by atoms with Crippen LogP contribution in [-0.4, -0.2) is 18.3 Å². The second kappa shape index (κ2) is 6.38. The molecule has 0 saturated heterocycles. The van der Waals surface area contributed by atoms with E-state index in [1.54, 1.807) is 11.3 Å². The van der Waals surface area contributed by atoms with Gasteiger partial charge in [0.25, 0.3) is 0 Å². The van der Waals surface area contributed by atoms with Gasteiger partial charge in [0.2, 0.25) is 0 Å². The number of nitrogens with one attached hydrogen (secondary N) is 1. The summed E-state index contributed by atoms with van der Waals surface area (Å²) in [5.74, 6) is 1.21. The minimum absolute atomic E-state index is 0.366. The van der Waals surface area contributed by atoms with E-state index in [4.69, 9.17) is 0 Å². The average molecular weight is 239 g/mol. The van der Waals surface area contributed by atoms with E-state index in [-0.39, 0.29) is 0 Å². The van der Waals surface area contributed by atoms with Gasteiger partial charge >= 0.3 is 0 Å². The van der Waals surface area contributed by atoms with Crippen LogP contribution in [0, 0.1) is 11.8 Å². The van der Waals surface area contributed by atoms with Gasteiger partial charge in [-0.3, -0.25) is 0 Å². The van der Waals surface area contributed by atoms with E-state index in [9.17, 15) is 5.11 Å². The molecule has 0 spiro atoms. The summed E-state index contributed by atoms with van der Waals surface area (Å²) in [5, 5.41) is 17.1. The van der Waals surface area contributed by atoms with Crippen LogP contribution in [0.15, 0.2) is 16.8 Å². The summed E-state index contributed by atoms with van der Waals surface area (Å²) < 4.78 is 0. The lowest BCUT2D eigenvalue weighted by molar-refractivity contribution is 0.133. The zero-order chi connectivity index (χ0) is 11.2. The summed E-state index contributed by atoms with van der Waals surface area (Å²) in [5.41, 5.74) is 1.38. The number of rotatable bonds is 5. The Morgan fingerprint density at radius 1 is 1.31 bits per heavy atom. The van der Waals surface area contributed by atoms with E-state index in [1.807, 2.05) is 0 Å². The lowest BCUT2D eigenvalue weighted by Crippen LogP contribution is -2.32. The summed E-state index contributed by atoms with van der Waals surface area (Å²) in [6.45, 7) is 2.39. The van der Waals surface area contributed by atoms with Gasteiger partial charge in [0.1, 0.15) is 0 Å². The molecule has 1 heterocycles. The van der Waals surface area contributed by atoms with Gasteiger partial charge in [-0.1, -0.05) is 12.8 Å². The van der Waals surface area contributed by atoms with Crippen LogP contribution in [0.1, 0.15) is 31.2 Å². The van der Waals surface area contributed by atoms with Gasteiger partial charge in [-0.25, -0.2) is 0 Å². The zero-order valence-electron chi connectivity index (χ0n) is 9.69. The van der Waals surface area contributed by atoms with Gasteiger partial charge in [0, 0.05) is 13.2 Å². The molecular formula is C13H21NOS. The molecule has 16 heavy (non-hydrogen) atoms. The zero-order valence-corrected chi connectivity index (χ0v) is 10.5. The van der Waals surface area contributed by atoms with Crippen LogP contribution in [0.25, 0.3) is 0 Å². The third-order valence-corrected chi connectivity index (χ3v) is 4.35. The standard InChI is InChI=1S/C13H21NOS/c15-9-13-4-2-1-3-12(13)8-14-7-11-5-6-16-10-11/h5-6,10,12-15H,1-4,7-9H2. The first kappa shape index (κ1) is 12.1. The fourth-order valence-electron chi connectivity index (χ4n) is 2.59. The lowest BCUT2D eigenvalue weighted by atomic mass is 9.79. The van der Waals surface area contributed by atoms with E-state index in [0.717, 1.165) is 13.1 Å². The summed E-state index contributed by atoms with van der Waals surface area (Å²) in [4.78, 5) is 0. The highest BCUT2D eigenvalue weighted by Gasteiger charge is 2.23. The summed E-state index contributed by atoms with van der Waals surface area (Å²) in [6.07, 6.45) is 5.12.